The van der Waals surface area contributed by atoms with Crippen LogP contribution in [-0.2, 0) is 9.47 Å². The predicted molar refractivity (Wildman–Crippen MR) is 77.3 cm³/mol. The molecule has 0 aliphatic carbocycles. The van der Waals surface area contributed by atoms with E-state index < -0.39 is 0 Å². The molecule has 1 aromatic carbocycles. The smallest absolute Gasteiger partial charge is 0.0992 e. The number of hydrogen-bond acceptors (Lipinski definition) is 4. The second-order valence-electron chi connectivity index (χ2n) is 4.63. The molecule has 0 spiro atoms. The Morgan fingerprint density at radius 3 is 2.84 bits per heavy atom. The fourth-order valence-corrected chi connectivity index (χ4v) is 3.11. The van der Waals surface area contributed by atoms with Crippen molar-refractivity contribution in [3.05, 3.63) is 28.2 Å². The van der Waals surface area contributed by atoms with E-state index >= 15 is 0 Å². The van der Waals surface area contributed by atoms with Crippen molar-refractivity contribution in [1.82, 2.24) is 0 Å². The average molecular weight is 325 g/mol. The molecule has 1 aliphatic rings. The molecule has 4 nitrogen and oxygen atoms in total. The lowest BCUT2D eigenvalue weighted by atomic mass is 10.2. The Kier molecular flexibility index (Phi) is 4.81. The molecule has 1 aliphatic heterocycles. The third kappa shape index (κ3) is 3.08. The number of nitrogens with zero attached hydrogens (tertiary/aromatic N) is 2. The second-order valence-corrected chi connectivity index (χ2v) is 5.49. The molecule has 102 valence electrons. The van der Waals surface area contributed by atoms with Gasteiger partial charge < -0.3 is 14.4 Å². The fraction of sp³-hybridized carbons (Fsp3) is 0.500. The van der Waals surface area contributed by atoms with Gasteiger partial charge in [0.05, 0.1) is 36.1 Å². The van der Waals surface area contributed by atoms with E-state index in [0.717, 1.165) is 23.1 Å². The molecule has 5 heteroatoms. The van der Waals surface area contributed by atoms with Gasteiger partial charge in [-0.15, -0.1) is 0 Å². The van der Waals surface area contributed by atoms with Crippen molar-refractivity contribution < 1.29 is 9.47 Å². The Labute approximate surface area is 122 Å². The predicted octanol–water partition coefficient (Wildman–Crippen LogP) is 2.56. The summed E-state index contributed by atoms with van der Waals surface area (Å²) in [6, 6.07) is 8.11. The summed E-state index contributed by atoms with van der Waals surface area (Å²) in [6.07, 6.45) is 1.18. The number of benzene rings is 1. The standard InChI is InChI=1S/C14H17BrN2O2/c1-18-9-11-6-12(19-2)8-17(11)14-4-3-10(7-16)5-13(14)15/h3-5,11-12H,6,8-9H2,1-2H3/t11-,12-/m0/s1. The maximum Gasteiger partial charge on any atom is 0.0992 e. The van der Waals surface area contributed by atoms with Crippen LogP contribution in [0.25, 0.3) is 0 Å². The summed E-state index contributed by atoms with van der Waals surface area (Å²) in [7, 11) is 3.46. The van der Waals surface area contributed by atoms with Gasteiger partial charge in [-0.1, -0.05) is 0 Å². The van der Waals surface area contributed by atoms with Crippen molar-refractivity contribution in [3.63, 3.8) is 0 Å². The molecule has 1 heterocycles. The van der Waals surface area contributed by atoms with Crippen LogP contribution in [0, 0.1) is 11.3 Å². The topological polar surface area (TPSA) is 45.5 Å². The van der Waals surface area contributed by atoms with E-state index in [0.29, 0.717) is 18.2 Å². The first-order valence-corrected chi connectivity index (χ1v) is 6.97. The van der Waals surface area contributed by atoms with E-state index in [1.54, 1.807) is 14.2 Å². The Morgan fingerprint density at radius 1 is 1.47 bits per heavy atom. The summed E-state index contributed by atoms with van der Waals surface area (Å²) in [6.45, 7) is 1.52. The number of hydrogen-bond donors (Lipinski definition) is 0. The average Bonchev–Trinajstić information content (AvgIpc) is 2.82. The Hall–Kier alpha value is -1.09. The zero-order chi connectivity index (χ0) is 13.8. The minimum atomic E-state index is 0.225. The molecule has 0 aromatic heterocycles. The van der Waals surface area contributed by atoms with E-state index in [9.17, 15) is 0 Å². The molecule has 0 bridgehead atoms. The highest BCUT2D eigenvalue weighted by Crippen LogP contribution is 2.33. The Balaban J connectivity index is 2.26. The number of anilines is 1. The van der Waals surface area contributed by atoms with Crippen molar-refractivity contribution in [2.75, 3.05) is 32.3 Å². The molecule has 0 saturated carbocycles. The van der Waals surface area contributed by atoms with Crippen LogP contribution in [0.1, 0.15) is 12.0 Å². The third-order valence-electron chi connectivity index (χ3n) is 3.45. The van der Waals surface area contributed by atoms with E-state index in [-0.39, 0.29) is 6.10 Å². The van der Waals surface area contributed by atoms with Gasteiger partial charge in [0.1, 0.15) is 0 Å². The van der Waals surface area contributed by atoms with Crippen LogP contribution in [0.15, 0.2) is 22.7 Å². The van der Waals surface area contributed by atoms with Crippen molar-refractivity contribution in [2.24, 2.45) is 0 Å². The van der Waals surface area contributed by atoms with Gasteiger partial charge in [0.25, 0.3) is 0 Å². The van der Waals surface area contributed by atoms with E-state index in [1.807, 2.05) is 18.2 Å². The van der Waals surface area contributed by atoms with Gasteiger partial charge in [0, 0.05) is 25.2 Å². The first-order chi connectivity index (χ1) is 9.19. The van der Waals surface area contributed by atoms with Gasteiger partial charge in [-0.3, -0.25) is 0 Å². The SMILES string of the molecule is COC[C@@H]1C[C@H](OC)CN1c1ccc(C#N)cc1Br. The monoisotopic (exact) mass is 324 g/mol. The number of rotatable bonds is 4. The summed E-state index contributed by atoms with van der Waals surface area (Å²) in [4.78, 5) is 2.28. The number of ether oxygens (including phenoxy) is 2. The Morgan fingerprint density at radius 2 is 2.26 bits per heavy atom. The van der Waals surface area contributed by atoms with E-state index in [4.69, 9.17) is 14.7 Å². The minimum Gasteiger partial charge on any atom is -0.383 e. The first-order valence-electron chi connectivity index (χ1n) is 6.17. The Bertz CT molecular complexity index is 487. The molecule has 0 amide bonds. The number of nitriles is 1. The van der Waals surface area contributed by atoms with E-state index in [2.05, 4.69) is 26.9 Å². The molecule has 1 fully saturated rings. The molecule has 2 atom stereocenters. The molecule has 1 aromatic rings. The van der Waals surface area contributed by atoms with Crippen LogP contribution in [0.4, 0.5) is 5.69 Å². The third-order valence-corrected chi connectivity index (χ3v) is 4.09. The highest BCUT2D eigenvalue weighted by molar-refractivity contribution is 9.10. The van der Waals surface area contributed by atoms with Gasteiger partial charge in [0.2, 0.25) is 0 Å². The fourth-order valence-electron chi connectivity index (χ4n) is 2.50. The van der Waals surface area contributed by atoms with Gasteiger partial charge in [-0.2, -0.15) is 5.26 Å². The van der Waals surface area contributed by atoms with Crippen molar-refractivity contribution in [3.8, 4) is 6.07 Å². The van der Waals surface area contributed by atoms with Gasteiger partial charge in [0.15, 0.2) is 0 Å². The highest BCUT2D eigenvalue weighted by atomic mass is 79.9. The number of halogens is 1. The normalized spacial score (nSPS) is 22.5. The highest BCUT2D eigenvalue weighted by Gasteiger charge is 2.33. The van der Waals surface area contributed by atoms with Crippen LogP contribution < -0.4 is 4.90 Å². The largest absolute Gasteiger partial charge is 0.383 e. The summed E-state index contributed by atoms with van der Waals surface area (Å²) < 4.78 is 11.7. The van der Waals surface area contributed by atoms with Gasteiger partial charge in [-0.25, -0.2) is 0 Å². The lowest BCUT2D eigenvalue weighted by molar-refractivity contribution is 0.111. The van der Waals surface area contributed by atoms with Crippen LogP contribution >= 0.6 is 15.9 Å². The van der Waals surface area contributed by atoms with Crippen molar-refractivity contribution in [1.29, 1.82) is 5.26 Å². The maximum absolute atomic E-state index is 8.91. The van der Waals surface area contributed by atoms with Crippen LogP contribution in [0.3, 0.4) is 0 Å². The zero-order valence-electron chi connectivity index (χ0n) is 11.1. The summed E-state index contributed by atoms with van der Waals surface area (Å²) in [5.74, 6) is 0. The second kappa shape index (κ2) is 6.38. The molecule has 0 unspecified atom stereocenters. The van der Waals surface area contributed by atoms with Gasteiger partial charge in [-0.05, 0) is 40.5 Å². The quantitative estimate of drug-likeness (QED) is 0.853. The zero-order valence-corrected chi connectivity index (χ0v) is 12.7. The molecule has 0 N–H and O–H groups in total. The van der Waals surface area contributed by atoms with Crippen molar-refractivity contribution in [2.45, 2.75) is 18.6 Å². The summed E-state index contributed by atoms with van der Waals surface area (Å²) in [5.41, 5.74) is 1.74. The van der Waals surface area contributed by atoms with Crippen LogP contribution in [0.2, 0.25) is 0 Å². The maximum atomic E-state index is 8.91. The number of methoxy groups -OCH3 is 2. The summed E-state index contributed by atoms with van der Waals surface area (Å²) >= 11 is 3.54. The lowest BCUT2D eigenvalue weighted by Crippen LogP contribution is -2.33. The van der Waals surface area contributed by atoms with E-state index in [1.165, 1.54) is 0 Å². The lowest BCUT2D eigenvalue weighted by Gasteiger charge is -2.27. The molecular weight excluding hydrogens is 308 g/mol. The first kappa shape index (κ1) is 14.3. The van der Waals surface area contributed by atoms with Crippen LogP contribution in [-0.4, -0.2) is 39.5 Å². The van der Waals surface area contributed by atoms with Crippen molar-refractivity contribution >= 4 is 21.6 Å². The van der Waals surface area contributed by atoms with Gasteiger partial charge >= 0.3 is 0 Å². The molecule has 1 saturated heterocycles. The minimum absolute atomic E-state index is 0.225. The molecular formula is C14H17BrN2O2. The molecule has 2 rings (SSSR count). The summed E-state index contributed by atoms with van der Waals surface area (Å²) in [5, 5.41) is 8.91. The molecule has 19 heavy (non-hydrogen) atoms. The molecule has 0 radical (unpaired) electrons. The van der Waals surface area contributed by atoms with Crippen LogP contribution in [0.5, 0.6) is 0 Å².